The molecular formula is C26H29NO4S. The van der Waals surface area contributed by atoms with Gasteiger partial charge in [0, 0.05) is 10.3 Å². The van der Waals surface area contributed by atoms with Gasteiger partial charge in [0.1, 0.15) is 10.8 Å². The molecule has 0 spiro atoms. The highest BCUT2D eigenvalue weighted by atomic mass is 32.1. The molecule has 0 bridgehead atoms. The SMILES string of the molecule is CCOC(=O)c1c(NC(=O)COc2ccc(C(C)(C)c3ccccc3)cc2)sc(C)c1C. The number of benzene rings is 2. The maximum Gasteiger partial charge on any atom is 0.341 e. The van der Waals surface area contributed by atoms with Gasteiger partial charge in [-0.05, 0) is 49.6 Å². The molecule has 0 radical (unpaired) electrons. The summed E-state index contributed by atoms with van der Waals surface area (Å²) in [5, 5.41) is 3.29. The quantitative estimate of drug-likeness (QED) is 0.434. The van der Waals surface area contributed by atoms with E-state index in [4.69, 9.17) is 9.47 Å². The van der Waals surface area contributed by atoms with Crippen LogP contribution in [0.4, 0.5) is 5.00 Å². The first-order valence-electron chi connectivity index (χ1n) is 10.6. The van der Waals surface area contributed by atoms with Crippen molar-refractivity contribution >= 4 is 28.2 Å². The van der Waals surface area contributed by atoms with E-state index in [1.54, 1.807) is 6.92 Å². The van der Waals surface area contributed by atoms with E-state index < -0.39 is 5.97 Å². The van der Waals surface area contributed by atoms with Gasteiger partial charge in [0.05, 0.1) is 12.2 Å². The molecule has 1 amide bonds. The number of carbonyl (C=O) groups excluding carboxylic acids is 2. The third-order valence-electron chi connectivity index (χ3n) is 5.56. The van der Waals surface area contributed by atoms with Crippen molar-refractivity contribution in [3.05, 3.63) is 81.7 Å². The first kappa shape index (κ1) is 23.5. The third kappa shape index (κ3) is 5.19. The Morgan fingerprint density at radius 2 is 1.59 bits per heavy atom. The normalized spacial score (nSPS) is 11.2. The number of ether oxygens (including phenoxy) is 2. The predicted molar refractivity (Wildman–Crippen MR) is 129 cm³/mol. The van der Waals surface area contributed by atoms with Crippen molar-refractivity contribution < 1.29 is 19.1 Å². The van der Waals surface area contributed by atoms with Crippen molar-refractivity contribution in [1.82, 2.24) is 0 Å². The first-order valence-corrected chi connectivity index (χ1v) is 11.4. The van der Waals surface area contributed by atoms with E-state index in [-0.39, 0.29) is 24.5 Å². The molecule has 0 aliphatic rings. The van der Waals surface area contributed by atoms with Crippen molar-refractivity contribution in [2.45, 2.75) is 40.0 Å². The molecule has 0 atom stereocenters. The lowest BCUT2D eigenvalue weighted by molar-refractivity contribution is -0.118. The lowest BCUT2D eigenvalue weighted by Gasteiger charge is -2.26. The van der Waals surface area contributed by atoms with Gasteiger partial charge < -0.3 is 14.8 Å². The minimum atomic E-state index is -0.429. The van der Waals surface area contributed by atoms with Crippen molar-refractivity contribution in [3.63, 3.8) is 0 Å². The molecule has 3 rings (SSSR count). The van der Waals surface area contributed by atoms with E-state index >= 15 is 0 Å². The van der Waals surface area contributed by atoms with Gasteiger partial charge in [0.15, 0.2) is 6.61 Å². The molecule has 1 heterocycles. The van der Waals surface area contributed by atoms with E-state index in [1.807, 2.05) is 56.3 Å². The minimum Gasteiger partial charge on any atom is -0.484 e. The summed E-state index contributed by atoms with van der Waals surface area (Å²) in [4.78, 5) is 25.7. The number of hydrogen-bond acceptors (Lipinski definition) is 5. The summed E-state index contributed by atoms with van der Waals surface area (Å²) in [6.45, 7) is 10.00. The van der Waals surface area contributed by atoms with Crippen molar-refractivity contribution in [2.75, 3.05) is 18.5 Å². The highest BCUT2D eigenvalue weighted by Crippen LogP contribution is 2.34. The summed E-state index contributed by atoms with van der Waals surface area (Å²) in [7, 11) is 0. The zero-order valence-corrected chi connectivity index (χ0v) is 20.0. The van der Waals surface area contributed by atoms with E-state index in [1.165, 1.54) is 16.9 Å². The van der Waals surface area contributed by atoms with Crippen LogP contribution in [0.1, 0.15) is 52.7 Å². The fourth-order valence-electron chi connectivity index (χ4n) is 3.46. The van der Waals surface area contributed by atoms with Gasteiger partial charge in [-0.15, -0.1) is 11.3 Å². The number of thiophene rings is 1. The highest BCUT2D eigenvalue weighted by molar-refractivity contribution is 7.16. The van der Waals surface area contributed by atoms with Crippen molar-refractivity contribution in [3.8, 4) is 5.75 Å². The second-order valence-corrected chi connectivity index (χ2v) is 9.28. The van der Waals surface area contributed by atoms with Gasteiger partial charge in [-0.2, -0.15) is 0 Å². The smallest absolute Gasteiger partial charge is 0.341 e. The van der Waals surface area contributed by atoms with Crippen molar-refractivity contribution in [2.24, 2.45) is 0 Å². The molecule has 0 aliphatic heterocycles. The van der Waals surface area contributed by atoms with Crippen LogP contribution in [-0.4, -0.2) is 25.1 Å². The second kappa shape index (κ2) is 10.0. The van der Waals surface area contributed by atoms with Gasteiger partial charge in [0.25, 0.3) is 5.91 Å². The monoisotopic (exact) mass is 451 g/mol. The number of esters is 1. The second-order valence-electron chi connectivity index (χ2n) is 8.06. The van der Waals surface area contributed by atoms with Gasteiger partial charge in [0.2, 0.25) is 0 Å². The molecule has 32 heavy (non-hydrogen) atoms. The molecule has 2 aromatic carbocycles. The third-order valence-corrected chi connectivity index (χ3v) is 6.68. The molecule has 0 saturated carbocycles. The maximum absolute atomic E-state index is 12.5. The van der Waals surface area contributed by atoms with Gasteiger partial charge in [-0.1, -0.05) is 56.3 Å². The van der Waals surface area contributed by atoms with Crippen molar-refractivity contribution in [1.29, 1.82) is 0 Å². The molecule has 0 saturated heterocycles. The van der Waals surface area contributed by atoms with Crippen LogP contribution < -0.4 is 10.1 Å². The average Bonchev–Trinajstić information content (AvgIpc) is 3.06. The molecule has 5 nitrogen and oxygen atoms in total. The topological polar surface area (TPSA) is 64.6 Å². The highest BCUT2D eigenvalue weighted by Gasteiger charge is 2.23. The summed E-state index contributed by atoms with van der Waals surface area (Å²) in [6, 6.07) is 18.1. The Labute approximate surface area is 193 Å². The largest absolute Gasteiger partial charge is 0.484 e. The molecule has 1 aromatic heterocycles. The summed E-state index contributed by atoms with van der Waals surface area (Å²) in [5.41, 5.74) is 3.47. The van der Waals surface area contributed by atoms with E-state index in [2.05, 4.69) is 31.3 Å². The number of rotatable bonds is 8. The van der Waals surface area contributed by atoms with E-state index in [9.17, 15) is 9.59 Å². The fourth-order valence-corrected chi connectivity index (χ4v) is 4.53. The zero-order chi connectivity index (χ0) is 23.3. The lowest BCUT2D eigenvalue weighted by atomic mass is 9.78. The average molecular weight is 452 g/mol. The number of nitrogens with one attached hydrogen (secondary N) is 1. The van der Waals surface area contributed by atoms with E-state index in [0.717, 1.165) is 16.0 Å². The molecule has 0 fully saturated rings. The molecule has 3 aromatic rings. The number of aryl methyl sites for hydroxylation is 1. The van der Waals surface area contributed by atoms with Crippen LogP contribution in [0.5, 0.6) is 5.75 Å². The van der Waals surface area contributed by atoms with E-state index in [0.29, 0.717) is 16.3 Å². The van der Waals surface area contributed by atoms with Crippen LogP contribution in [-0.2, 0) is 14.9 Å². The summed E-state index contributed by atoms with van der Waals surface area (Å²) < 4.78 is 10.8. The van der Waals surface area contributed by atoms with Gasteiger partial charge >= 0.3 is 5.97 Å². The Hall–Kier alpha value is -3.12. The summed E-state index contributed by atoms with van der Waals surface area (Å²) >= 11 is 1.36. The zero-order valence-electron chi connectivity index (χ0n) is 19.2. The number of carbonyl (C=O) groups is 2. The van der Waals surface area contributed by atoms with Crippen LogP contribution in [0.2, 0.25) is 0 Å². The van der Waals surface area contributed by atoms with Crippen LogP contribution in [0.15, 0.2) is 54.6 Å². The van der Waals surface area contributed by atoms with Crippen LogP contribution >= 0.6 is 11.3 Å². The van der Waals surface area contributed by atoms with Crippen LogP contribution in [0, 0.1) is 13.8 Å². The molecule has 6 heteroatoms. The maximum atomic E-state index is 12.5. The molecule has 0 unspecified atom stereocenters. The lowest BCUT2D eigenvalue weighted by Crippen LogP contribution is -2.21. The Morgan fingerprint density at radius 1 is 0.969 bits per heavy atom. The first-order chi connectivity index (χ1) is 15.2. The molecular weight excluding hydrogens is 422 g/mol. The Balaban J connectivity index is 1.64. The Kier molecular flexibility index (Phi) is 7.36. The molecule has 168 valence electrons. The molecule has 0 aliphatic carbocycles. The summed E-state index contributed by atoms with van der Waals surface area (Å²) in [6.07, 6.45) is 0. The minimum absolute atomic E-state index is 0.143. The summed E-state index contributed by atoms with van der Waals surface area (Å²) in [5.74, 6) is -0.149. The number of anilines is 1. The predicted octanol–water partition coefficient (Wildman–Crippen LogP) is 5.89. The van der Waals surface area contributed by atoms with Crippen LogP contribution in [0.25, 0.3) is 0 Å². The van der Waals surface area contributed by atoms with Gasteiger partial charge in [-0.3, -0.25) is 4.79 Å². The Morgan fingerprint density at radius 3 is 2.22 bits per heavy atom. The Bertz CT molecular complexity index is 1090. The van der Waals surface area contributed by atoms with Gasteiger partial charge in [-0.25, -0.2) is 4.79 Å². The standard InChI is InChI=1S/C26H29NO4S/c1-6-30-25(29)23-17(2)18(3)32-24(23)27-22(28)16-31-21-14-12-20(13-15-21)26(4,5)19-10-8-7-9-11-19/h7-15H,6,16H2,1-5H3,(H,27,28). The number of amides is 1. The molecule has 1 N–H and O–H groups in total. The fraction of sp³-hybridized carbons (Fsp3) is 0.308. The number of hydrogen-bond donors (Lipinski definition) is 1. The van der Waals surface area contributed by atoms with Crippen LogP contribution in [0.3, 0.4) is 0 Å².